The highest BCUT2D eigenvalue weighted by atomic mass is 19.1. The molecule has 18 heavy (non-hydrogen) atoms. The van der Waals surface area contributed by atoms with Gasteiger partial charge in [-0.15, -0.1) is 0 Å². The second kappa shape index (κ2) is 4.76. The van der Waals surface area contributed by atoms with E-state index in [1.165, 1.54) is 17.0 Å². The van der Waals surface area contributed by atoms with Crippen molar-refractivity contribution < 1.29 is 14.0 Å². The molecular formula is C13H15FN2O2. The number of hydrogen-bond acceptors (Lipinski definition) is 2. The van der Waals surface area contributed by atoms with Gasteiger partial charge in [-0.1, -0.05) is 11.6 Å². The van der Waals surface area contributed by atoms with Crippen molar-refractivity contribution in [2.75, 3.05) is 13.1 Å². The predicted molar refractivity (Wildman–Crippen MR) is 64.6 cm³/mol. The van der Waals surface area contributed by atoms with E-state index >= 15 is 0 Å². The number of carbonyl (C=O) groups excluding carboxylic acids is 2. The Bertz CT molecular complexity index is 502. The van der Waals surface area contributed by atoms with Crippen LogP contribution in [-0.2, 0) is 4.79 Å². The van der Waals surface area contributed by atoms with Gasteiger partial charge in [0.05, 0.1) is 5.56 Å². The summed E-state index contributed by atoms with van der Waals surface area (Å²) in [4.78, 5) is 25.1. The maximum Gasteiger partial charge on any atom is 0.257 e. The third kappa shape index (κ3) is 2.20. The van der Waals surface area contributed by atoms with E-state index in [9.17, 15) is 14.0 Å². The number of aryl methyl sites for hydroxylation is 1. The Labute approximate surface area is 105 Å². The molecule has 0 aliphatic carbocycles. The highest BCUT2D eigenvalue weighted by Gasteiger charge is 2.30. The van der Waals surface area contributed by atoms with Crippen LogP contribution in [-0.4, -0.2) is 35.8 Å². The van der Waals surface area contributed by atoms with Gasteiger partial charge in [-0.2, -0.15) is 0 Å². The number of nitrogens with one attached hydrogen (secondary N) is 1. The van der Waals surface area contributed by atoms with Gasteiger partial charge in [-0.25, -0.2) is 4.39 Å². The molecule has 1 aromatic carbocycles. The predicted octanol–water partition coefficient (Wildman–Crippen LogP) is 1.09. The zero-order valence-corrected chi connectivity index (χ0v) is 10.4. The fourth-order valence-corrected chi connectivity index (χ4v) is 2.02. The number of carbonyl (C=O) groups is 2. The minimum Gasteiger partial charge on any atom is -0.353 e. The highest BCUT2D eigenvalue weighted by Crippen LogP contribution is 2.15. The summed E-state index contributed by atoms with van der Waals surface area (Å²) in [6.45, 7) is 4.24. The fourth-order valence-electron chi connectivity index (χ4n) is 2.02. The lowest BCUT2D eigenvalue weighted by Crippen LogP contribution is -2.55. The lowest BCUT2D eigenvalue weighted by Gasteiger charge is -2.33. The van der Waals surface area contributed by atoms with E-state index in [4.69, 9.17) is 0 Å². The smallest absolute Gasteiger partial charge is 0.257 e. The van der Waals surface area contributed by atoms with Gasteiger partial charge in [0.25, 0.3) is 5.91 Å². The largest absolute Gasteiger partial charge is 0.353 e. The first-order chi connectivity index (χ1) is 8.50. The van der Waals surface area contributed by atoms with Crippen molar-refractivity contribution in [1.82, 2.24) is 10.2 Å². The Balaban J connectivity index is 2.30. The van der Waals surface area contributed by atoms with Gasteiger partial charge < -0.3 is 10.2 Å². The van der Waals surface area contributed by atoms with Crippen LogP contribution < -0.4 is 5.32 Å². The van der Waals surface area contributed by atoms with Crippen LogP contribution in [0.3, 0.4) is 0 Å². The zero-order chi connectivity index (χ0) is 13.3. The Hall–Kier alpha value is -1.91. The molecule has 1 atom stereocenters. The average molecular weight is 250 g/mol. The molecule has 1 aliphatic rings. The molecule has 1 aromatic rings. The SMILES string of the molecule is Cc1ccc(F)c(C(=O)N2CCNC(=O)C2C)c1. The summed E-state index contributed by atoms with van der Waals surface area (Å²) in [5.41, 5.74) is 0.838. The summed E-state index contributed by atoms with van der Waals surface area (Å²) in [6.07, 6.45) is 0. The van der Waals surface area contributed by atoms with Crippen LogP contribution in [0.2, 0.25) is 0 Å². The number of amides is 2. The Morgan fingerprint density at radius 3 is 2.94 bits per heavy atom. The zero-order valence-electron chi connectivity index (χ0n) is 10.4. The molecule has 1 N–H and O–H groups in total. The molecule has 0 spiro atoms. The fraction of sp³-hybridized carbons (Fsp3) is 0.385. The quantitative estimate of drug-likeness (QED) is 0.811. The van der Waals surface area contributed by atoms with E-state index in [1.807, 2.05) is 0 Å². The standard InChI is InChI=1S/C13H15FN2O2/c1-8-3-4-11(14)10(7-8)13(18)16-6-5-15-12(17)9(16)2/h3-4,7,9H,5-6H2,1-2H3,(H,15,17). The summed E-state index contributed by atoms with van der Waals surface area (Å²) in [5, 5.41) is 2.67. The molecule has 1 fully saturated rings. The summed E-state index contributed by atoms with van der Waals surface area (Å²) < 4.78 is 13.7. The van der Waals surface area contributed by atoms with Crippen molar-refractivity contribution in [2.45, 2.75) is 19.9 Å². The molecule has 96 valence electrons. The molecule has 1 heterocycles. The first-order valence-electron chi connectivity index (χ1n) is 5.85. The summed E-state index contributed by atoms with van der Waals surface area (Å²) in [5.74, 6) is -1.19. The van der Waals surface area contributed by atoms with Gasteiger partial charge in [-0.05, 0) is 26.0 Å². The molecule has 1 aliphatic heterocycles. The third-order valence-corrected chi connectivity index (χ3v) is 3.11. The number of hydrogen-bond donors (Lipinski definition) is 1. The van der Waals surface area contributed by atoms with Gasteiger partial charge in [0.15, 0.2) is 0 Å². The van der Waals surface area contributed by atoms with Crippen molar-refractivity contribution in [2.24, 2.45) is 0 Å². The number of benzene rings is 1. The number of rotatable bonds is 1. The molecule has 2 rings (SSSR count). The van der Waals surface area contributed by atoms with Crippen molar-refractivity contribution in [3.63, 3.8) is 0 Å². The minimum absolute atomic E-state index is 0.0246. The number of halogens is 1. The lowest BCUT2D eigenvalue weighted by atomic mass is 10.1. The summed E-state index contributed by atoms with van der Waals surface area (Å²) >= 11 is 0. The van der Waals surface area contributed by atoms with Gasteiger partial charge >= 0.3 is 0 Å². The van der Waals surface area contributed by atoms with Crippen LogP contribution in [0.1, 0.15) is 22.8 Å². The third-order valence-electron chi connectivity index (χ3n) is 3.11. The van der Waals surface area contributed by atoms with Crippen LogP contribution in [0.5, 0.6) is 0 Å². The first kappa shape index (κ1) is 12.5. The van der Waals surface area contributed by atoms with Crippen LogP contribution in [0.4, 0.5) is 4.39 Å². The van der Waals surface area contributed by atoms with E-state index in [2.05, 4.69) is 5.32 Å². The molecule has 1 saturated heterocycles. The van der Waals surface area contributed by atoms with Crippen LogP contribution in [0.15, 0.2) is 18.2 Å². The van der Waals surface area contributed by atoms with E-state index in [-0.39, 0.29) is 11.5 Å². The second-order valence-electron chi connectivity index (χ2n) is 4.45. The second-order valence-corrected chi connectivity index (χ2v) is 4.45. The van der Waals surface area contributed by atoms with Crippen molar-refractivity contribution >= 4 is 11.8 Å². The molecule has 1 unspecified atom stereocenters. The maximum absolute atomic E-state index is 13.7. The van der Waals surface area contributed by atoms with Gasteiger partial charge in [0, 0.05) is 13.1 Å². The van der Waals surface area contributed by atoms with Crippen LogP contribution >= 0.6 is 0 Å². The number of nitrogens with zero attached hydrogens (tertiary/aromatic N) is 1. The average Bonchev–Trinajstić information content (AvgIpc) is 2.35. The molecule has 0 saturated carbocycles. The first-order valence-corrected chi connectivity index (χ1v) is 5.85. The topological polar surface area (TPSA) is 49.4 Å². The molecule has 0 bridgehead atoms. The van der Waals surface area contributed by atoms with Gasteiger partial charge in [-0.3, -0.25) is 9.59 Å². The van der Waals surface area contributed by atoms with Crippen LogP contribution in [0.25, 0.3) is 0 Å². The van der Waals surface area contributed by atoms with E-state index < -0.39 is 17.8 Å². The number of piperazine rings is 1. The monoisotopic (exact) mass is 250 g/mol. The lowest BCUT2D eigenvalue weighted by molar-refractivity contribution is -0.127. The Kier molecular flexibility index (Phi) is 3.32. The maximum atomic E-state index is 13.7. The van der Waals surface area contributed by atoms with E-state index in [0.29, 0.717) is 13.1 Å². The molecular weight excluding hydrogens is 235 g/mol. The van der Waals surface area contributed by atoms with Crippen LogP contribution in [0, 0.1) is 12.7 Å². The summed E-state index contributed by atoms with van der Waals surface area (Å²) in [7, 11) is 0. The molecule has 0 radical (unpaired) electrons. The van der Waals surface area contributed by atoms with Gasteiger partial charge in [0.2, 0.25) is 5.91 Å². The van der Waals surface area contributed by atoms with Crippen molar-refractivity contribution in [3.8, 4) is 0 Å². The van der Waals surface area contributed by atoms with Crippen molar-refractivity contribution in [3.05, 3.63) is 35.1 Å². The van der Waals surface area contributed by atoms with E-state index in [0.717, 1.165) is 5.56 Å². The van der Waals surface area contributed by atoms with Crippen molar-refractivity contribution in [1.29, 1.82) is 0 Å². The molecule has 0 aromatic heterocycles. The highest BCUT2D eigenvalue weighted by molar-refractivity contribution is 5.98. The molecule has 5 heteroatoms. The van der Waals surface area contributed by atoms with E-state index in [1.54, 1.807) is 19.9 Å². The molecule has 4 nitrogen and oxygen atoms in total. The Morgan fingerprint density at radius 2 is 2.22 bits per heavy atom. The minimum atomic E-state index is -0.564. The Morgan fingerprint density at radius 1 is 1.50 bits per heavy atom. The molecule has 2 amide bonds. The normalized spacial score (nSPS) is 19.6. The van der Waals surface area contributed by atoms with Gasteiger partial charge in [0.1, 0.15) is 11.9 Å². The summed E-state index contributed by atoms with van der Waals surface area (Å²) in [6, 6.07) is 3.83.